The van der Waals surface area contributed by atoms with E-state index in [9.17, 15) is 10.1 Å². The fourth-order valence-corrected chi connectivity index (χ4v) is 3.04. The first kappa shape index (κ1) is 15.5. The number of nitrogens with one attached hydrogen (secondary N) is 1. The average molecular weight is 313 g/mol. The lowest BCUT2D eigenvalue weighted by molar-refractivity contribution is -0.121. The van der Waals surface area contributed by atoms with Crippen LogP contribution in [0.5, 0.6) is 0 Å². The lowest BCUT2D eigenvalue weighted by atomic mass is 10.2. The number of fused-ring (bicyclic) bond motifs is 1. The molecular formula is C17H19N3O3. The topological polar surface area (TPSA) is 78.5 Å². The molecule has 2 heterocycles. The van der Waals surface area contributed by atoms with Crippen LogP contribution in [0.25, 0.3) is 11.0 Å². The molecule has 6 nitrogen and oxygen atoms in total. The number of hydrogen-bond acceptors (Lipinski definition) is 5. The first-order chi connectivity index (χ1) is 11.1. The van der Waals surface area contributed by atoms with Crippen molar-refractivity contribution < 1.29 is 13.9 Å². The molecule has 1 amide bonds. The van der Waals surface area contributed by atoms with Crippen molar-refractivity contribution in [1.29, 1.82) is 5.26 Å². The summed E-state index contributed by atoms with van der Waals surface area (Å²) in [5, 5.41) is 12.8. The largest absolute Gasteiger partial charge is 0.443 e. The van der Waals surface area contributed by atoms with Gasteiger partial charge in [-0.05, 0) is 26.0 Å². The third-order valence-electron chi connectivity index (χ3n) is 3.82. The molecule has 1 fully saturated rings. The van der Waals surface area contributed by atoms with Gasteiger partial charge in [-0.3, -0.25) is 9.69 Å². The number of ether oxygens (including phenoxy) is 1. The van der Waals surface area contributed by atoms with Crippen molar-refractivity contribution in [3.8, 4) is 6.07 Å². The average Bonchev–Trinajstić information content (AvgIpc) is 2.84. The van der Waals surface area contributed by atoms with Crippen molar-refractivity contribution in [3.63, 3.8) is 0 Å². The van der Waals surface area contributed by atoms with Gasteiger partial charge in [-0.25, -0.2) is 0 Å². The molecule has 1 aromatic carbocycles. The van der Waals surface area contributed by atoms with E-state index in [-0.39, 0.29) is 30.4 Å². The fraction of sp³-hybridized carbons (Fsp3) is 0.412. The van der Waals surface area contributed by atoms with Crippen molar-refractivity contribution >= 4 is 22.6 Å². The summed E-state index contributed by atoms with van der Waals surface area (Å²) in [5.74, 6) is -0.0300. The van der Waals surface area contributed by atoms with Gasteiger partial charge < -0.3 is 14.5 Å². The van der Waals surface area contributed by atoms with Crippen LogP contribution in [0.1, 0.15) is 19.6 Å². The van der Waals surface area contributed by atoms with E-state index in [4.69, 9.17) is 9.15 Å². The zero-order chi connectivity index (χ0) is 16.4. The molecule has 2 atom stereocenters. The van der Waals surface area contributed by atoms with Gasteiger partial charge >= 0.3 is 0 Å². The number of rotatable bonds is 3. The smallest absolute Gasteiger partial charge is 0.238 e. The molecule has 0 unspecified atom stereocenters. The van der Waals surface area contributed by atoms with E-state index < -0.39 is 0 Å². The van der Waals surface area contributed by atoms with Crippen molar-refractivity contribution in [2.45, 2.75) is 26.1 Å². The molecule has 3 rings (SSSR count). The first-order valence-corrected chi connectivity index (χ1v) is 7.66. The van der Waals surface area contributed by atoms with Gasteiger partial charge in [0, 0.05) is 18.5 Å². The number of hydrogen-bond donors (Lipinski definition) is 1. The fourth-order valence-electron chi connectivity index (χ4n) is 3.04. The number of nitriles is 1. The molecule has 2 aromatic rings. The van der Waals surface area contributed by atoms with Crippen LogP contribution in [0.3, 0.4) is 0 Å². The quantitative estimate of drug-likeness (QED) is 0.941. The van der Waals surface area contributed by atoms with Crippen LogP contribution in [0.4, 0.5) is 5.69 Å². The van der Waals surface area contributed by atoms with Gasteiger partial charge in [-0.1, -0.05) is 12.1 Å². The van der Waals surface area contributed by atoms with Gasteiger partial charge in [0.05, 0.1) is 18.8 Å². The number of para-hydroxylation sites is 1. The molecule has 1 saturated heterocycles. The molecule has 0 radical (unpaired) electrons. The molecule has 1 aromatic heterocycles. The van der Waals surface area contributed by atoms with Crippen LogP contribution in [-0.4, -0.2) is 42.6 Å². The van der Waals surface area contributed by atoms with E-state index in [1.807, 2.05) is 38.1 Å². The minimum atomic E-state index is -0.158. The van der Waals surface area contributed by atoms with Gasteiger partial charge in [0.15, 0.2) is 0 Å². The summed E-state index contributed by atoms with van der Waals surface area (Å²) in [6.07, 6.45) is 0.215. The monoisotopic (exact) mass is 313 g/mol. The maximum absolute atomic E-state index is 12.4. The lowest BCUT2D eigenvalue weighted by Gasteiger charge is -2.34. The molecule has 120 valence electrons. The Balaban J connectivity index is 1.74. The number of benzene rings is 1. The van der Waals surface area contributed by atoms with Gasteiger partial charge in [-0.2, -0.15) is 5.26 Å². The van der Waals surface area contributed by atoms with E-state index in [1.165, 1.54) is 0 Å². The summed E-state index contributed by atoms with van der Waals surface area (Å²) in [4.78, 5) is 14.4. The molecule has 0 spiro atoms. The first-order valence-electron chi connectivity index (χ1n) is 7.66. The van der Waals surface area contributed by atoms with Crippen LogP contribution < -0.4 is 5.32 Å². The third kappa shape index (κ3) is 3.36. The number of furan rings is 1. The third-order valence-corrected chi connectivity index (χ3v) is 3.82. The van der Waals surface area contributed by atoms with E-state index >= 15 is 0 Å². The van der Waals surface area contributed by atoms with Crippen molar-refractivity contribution in [2.24, 2.45) is 0 Å². The number of anilines is 1. The van der Waals surface area contributed by atoms with Crippen LogP contribution in [0.15, 0.2) is 28.7 Å². The standard InChI is InChI=1S/C17H19N3O3/c1-11-8-20(9-12(2)22-11)10-16(21)19-17-13-5-3-4-6-14(13)23-15(17)7-18/h3-6,11-12H,8-10H2,1-2H3,(H,19,21)/t11-,12-/m1/s1. The van der Waals surface area contributed by atoms with E-state index in [1.54, 1.807) is 6.07 Å². The second kappa shape index (κ2) is 6.41. The van der Waals surface area contributed by atoms with Crippen LogP contribution in [0.2, 0.25) is 0 Å². The minimum absolute atomic E-state index is 0.107. The summed E-state index contributed by atoms with van der Waals surface area (Å²) < 4.78 is 11.1. The van der Waals surface area contributed by atoms with Crippen LogP contribution >= 0.6 is 0 Å². The van der Waals surface area contributed by atoms with Gasteiger partial charge in [0.2, 0.25) is 11.7 Å². The second-order valence-corrected chi connectivity index (χ2v) is 5.91. The number of amides is 1. The molecule has 1 N–H and O–H groups in total. The van der Waals surface area contributed by atoms with Crippen LogP contribution in [-0.2, 0) is 9.53 Å². The van der Waals surface area contributed by atoms with Crippen molar-refractivity contribution in [2.75, 3.05) is 25.0 Å². The predicted molar refractivity (Wildman–Crippen MR) is 86.0 cm³/mol. The summed E-state index contributed by atoms with van der Waals surface area (Å²) in [5.41, 5.74) is 1.04. The highest BCUT2D eigenvalue weighted by atomic mass is 16.5. The van der Waals surface area contributed by atoms with Gasteiger partial charge in [0.25, 0.3) is 0 Å². The Morgan fingerprint density at radius 1 is 1.35 bits per heavy atom. The normalized spacial score (nSPS) is 22.0. The zero-order valence-corrected chi connectivity index (χ0v) is 13.2. The maximum atomic E-state index is 12.4. The van der Waals surface area contributed by atoms with Crippen molar-refractivity contribution in [3.05, 3.63) is 30.0 Å². The van der Waals surface area contributed by atoms with Crippen LogP contribution in [0, 0.1) is 11.3 Å². The molecular weight excluding hydrogens is 294 g/mol. The summed E-state index contributed by atoms with van der Waals surface area (Å²) in [6, 6.07) is 9.27. The molecule has 6 heteroatoms. The molecule has 0 bridgehead atoms. The predicted octanol–water partition coefficient (Wildman–Crippen LogP) is 2.35. The molecule has 1 aliphatic rings. The summed E-state index contributed by atoms with van der Waals surface area (Å²) in [6.45, 7) is 5.70. The summed E-state index contributed by atoms with van der Waals surface area (Å²) in [7, 11) is 0. The SMILES string of the molecule is C[C@@H]1CN(CC(=O)Nc2c(C#N)oc3ccccc23)C[C@@H](C)O1. The highest BCUT2D eigenvalue weighted by molar-refractivity contribution is 6.03. The highest BCUT2D eigenvalue weighted by Gasteiger charge is 2.24. The number of carbonyl (C=O) groups is 1. The maximum Gasteiger partial charge on any atom is 0.238 e. The Morgan fingerprint density at radius 3 is 2.74 bits per heavy atom. The van der Waals surface area contributed by atoms with E-state index in [2.05, 4.69) is 10.2 Å². The van der Waals surface area contributed by atoms with E-state index in [0.29, 0.717) is 11.3 Å². The zero-order valence-electron chi connectivity index (χ0n) is 13.2. The Labute approximate surface area is 134 Å². The molecule has 0 aliphatic carbocycles. The highest BCUT2D eigenvalue weighted by Crippen LogP contribution is 2.30. The number of carbonyl (C=O) groups excluding carboxylic acids is 1. The minimum Gasteiger partial charge on any atom is -0.443 e. The Morgan fingerprint density at radius 2 is 2.04 bits per heavy atom. The molecule has 23 heavy (non-hydrogen) atoms. The second-order valence-electron chi connectivity index (χ2n) is 5.91. The summed E-state index contributed by atoms with van der Waals surface area (Å²) >= 11 is 0. The van der Waals surface area contributed by atoms with E-state index in [0.717, 1.165) is 18.5 Å². The Hall–Kier alpha value is -2.36. The van der Waals surface area contributed by atoms with Gasteiger partial charge in [0.1, 0.15) is 17.3 Å². The Kier molecular flexibility index (Phi) is 4.33. The molecule has 0 saturated carbocycles. The van der Waals surface area contributed by atoms with Crippen molar-refractivity contribution in [1.82, 2.24) is 4.90 Å². The molecule has 1 aliphatic heterocycles. The number of nitrogens with zero attached hydrogens (tertiary/aromatic N) is 2. The Bertz CT molecular complexity index is 752. The number of morpholine rings is 1. The van der Waals surface area contributed by atoms with Gasteiger partial charge in [-0.15, -0.1) is 0 Å². The lowest BCUT2D eigenvalue weighted by Crippen LogP contribution is -2.48.